The van der Waals surface area contributed by atoms with Gasteiger partial charge in [-0.05, 0) is 31.0 Å². The highest BCUT2D eigenvalue weighted by Crippen LogP contribution is 2.22. The Kier molecular flexibility index (Phi) is 3.31. The average molecular weight is 274 g/mol. The minimum atomic E-state index is -0.0661. The number of nitrogen functional groups attached to an aromatic ring is 1. The molecule has 0 radical (unpaired) electrons. The number of benzene rings is 1. The van der Waals surface area contributed by atoms with E-state index in [0.29, 0.717) is 17.9 Å². The molecule has 0 bridgehead atoms. The predicted octanol–water partition coefficient (Wildman–Crippen LogP) is 1.40. The van der Waals surface area contributed by atoms with E-state index in [4.69, 9.17) is 10.5 Å². The molecule has 3 rings (SSSR count). The Bertz CT molecular complexity index is 637. The zero-order valence-corrected chi connectivity index (χ0v) is 11.4. The van der Waals surface area contributed by atoms with Crippen LogP contribution in [-0.4, -0.2) is 47.3 Å². The average Bonchev–Trinajstić information content (AvgIpc) is 2.89. The van der Waals surface area contributed by atoms with Crippen LogP contribution >= 0.6 is 0 Å². The number of carbonyl (C=O) groups excluding carboxylic acids is 1. The number of aromatic nitrogens is 2. The van der Waals surface area contributed by atoms with Crippen molar-refractivity contribution < 1.29 is 9.53 Å². The maximum Gasteiger partial charge on any atom is 0.275 e. The van der Waals surface area contributed by atoms with Crippen molar-refractivity contribution in [3.05, 3.63) is 23.9 Å². The Hall–Kier alpha value is -2.08. The quantitative estimate of drug-likeness (QED) is 0.811. The molecule has 106 valence electrons. The summed E-state index contributed by atoms with van der Waals surface area (Å²) in [5.74, 6) is -0.0661. The van der Waals surface area contributed by atoms with Crippen molar-refractivity contribution in [2.24, 2.45) is 0 Å². The third-order valence-corrected chi connectivity index (χ3v) is 3.79. The second-order valence-electron chi connectivity index (χ2n) is 5.13. The molecule has 6 nitrogen and oxygen atoms in total. The molecule has 1 aliphatic rings. The summed E-state index contributed by atoms with van der Waals surface area (Å²) < 4.78 is 5.35. The summed E-state index contributed by atoms with van der Waals surface area (Å²) in [6, 6.07) is 5.41. The van der Waals surface area contributed by atoms with Gasteiger partial charge in [0, 0.05) is 31.3 Å². The minimum absolute atomic E-state index is 0.0661. The van der Waals surface area contributed by atoms with Crippen molar-refractivity contribution in [1.82, 2.24) is 15.1 Å². The fourth-order valence-electron chi connectivity index (χ4n) is 2.66. The lowest BCUT2D eigenvalue weighted by molar-refractivity contribution is 0.0267. The van der Waals surface area contributed by atoms with Crippen LogP contribution in [0.3, 0.4) is 0 Å². The largest absolute Gasteiger partial charge is 0.399 e. The second-order valence-corrected chi connectivity index (χ2v) is 5.13. The van der Waals surface area contributed by atoms with Gasteiger partial charge >= 0.3 is 0 Å². The number of amides is 1. The number of methoxy groups -OCH3 is 1. The lowest BCUT2D eigenvalue weighted by Crippen LogP contribution is -2.43. The number of H-pyrrole nitrogens is 1. The molecule has 0 saturated carbocycles. The Morgan fingerprint density at radius 3 is 3.20 bits per heavy atom. The molecule has 3 N–H and O–H groups in total. The third kappa shape index (κ3) is 2.22. The Balaban J connectivity index is 1.90. The zero-order chi connectivity index (χ0) is 14.1. The number of nitrogens with one attached hydrogen (secondary N) is 1. The second kappa shape index (κ2) is 5.13. The molecule has 0 spiro atoms. The van der Waals surface area contributed by atoms with Crippen LogP contribution in [0.1, 0.15) is 23.3 Å². The lowest BCUT2D eigenvalue weighted by Gasteiger charge is -2.31. The molecule has 1 atom stereocenters. The number of nitrogens with zero attached hydrogens (tertiary/aromatic N) is 2. The third-order valence-electron chi connectivity index (χ3n) is 3.79. The van der Waals surface area contributed by atoms with E-state index in [1.165, 1.54) is 0 Å². The molecule has 6 heteroatoms. The van der Waals surface area contributed by atoms with Crippen molar-refractivity contribution in [3.8, 4) is 0 Å². The SMILES string of the molecule is COC1CCCN(C(=O)c2n[nH]c3ccc(N)cc23)C1. The van der Waals surface area contributed by atoms with E-state index in [0.717, 1.165) is 30.3 Å². The summed E-state index contributed by atoms with van der Waals surface area (Å²) in [6.07, 6.45) is 2.06. The summed E-state index contributed by atoms with van der Waals surface area (Å²) in [4.78, 5) is 14.4. The number of nitrogens with two attached hydrogens (primary N) is 1. The number of rotatable bonds is 2. The number of fused-ring (bicyclic) bond motifs is 1. The van der Waals surface area contributed by atoms with Gasteiger partial charge in [0.25, 0.3) is 5.91 Å². The first kappa shape index (κ1) is 12.9. The first-order valence-electron chi connectivity index (χ1n) is 6.74. The van der Waals surface area contributed by atoms with Gasteiger partial charge in [-0.3, -0.25) is 9.89 Å². The van der Waals surface area contributed by atoms with Crippen molar-refractivity contribution in [2.45, 2.75) is 18.9 Å². The summed E-state index contributed by atoms with van der Waals surface area (Å²) in [7, 11) is 1.68. The molecule has 0 aliphatic carbocycles. The highest BCUT2D eigenvalue weighted by atomic mass is 16.5. The number of likely N-dealkylation sites (tertiary alicyclic amines) is 1. The van der Waals surface area contributed by atoms with Gasteiger partial charge in [-0.2, -0.15) is 5.10 Å². The molecule has 1 saturated heterocycles. The van der Waals surface area contributed by atoms with Crippen molar-refractivity contribution in [2.75, 3.05) is 25.9 Å². The van der Waals surface area contributed by atoms with Gasteiger partial charge in [-0.15, -0.1) is 0 Å². The molecular weight excluding hydrogens is 256 g/mol. The van der Waals surface area contributed by atoms with Gasteiger partial charge in [0.1, 0.15) is 0 Å². The van der Waals surface area contributed by atoms with Gasteiger partial charge in [-0.1, -0.05) is 0 Å². The minimum Gasteiger partial charge on any atom is -0.399 e. The number of piperidine rings is 1. The van der Waals surface area contributed by atoms with Crippen LogP contribution in [0.2, 0.25) is 0 Å². The number of hydrogen-bond donors (Lipinski definition) is 2. The monoisotopic (exact) mass is 274 g/mol. The molecule has 1 fully saturated rings. The summed E-state index contributed by atoms with van der Waals surface area (Å²) >= 11 is 0. The normalized spacial score (nSPS) is 19.4. The first-order valence-corrected chi connectivity index (χ1v) is 6.74. The Labute approximate surface area is 116 Å². The molecule has 1 unspecified atom stereocenters. The van der Waals surface area contributed by atoms with E-state index in [9.17, 15) is 4.79 Å². The summed E-state index contributed by atoms with van der Waals surface area (Å²) in [6.45, 7) is 1.36. The van der Waals surface area contributed by atoms with E-state index in [1.807, 2.05) is 6.07 Å². The Morgan fingerprint density at radius 1 is 1.55 bits per heavy atom. The molecule has 20 heavy (non-hydrogen) atoms. The molecule has 1 aliphatic heterocycles. The van der Waals surface area contributed by atoms with Gasteiger partial charge in [0.05, 0.1) is 11.6 Å². The molecule has 2 heterocycles. The van der Waals surface area contributed by atoms with E-state index in [1.54, 1.807) is 24.1 Å². The van der Waals surface area contributed by atoms with Gasteiger partial charge < -0.3 is 15.4 Å². The van der Waals surface area contributed by atoms with Crippen LogP contribution < -0.4 is 5.73 Å². The van der Waals surface area contributed by atoms with Crippen LogP contribution in [0.25, 0.3) is 10.9 Å². The maximum absolute atomic E-state index is 12.6. The van der Waals surface area contributed by atoms with Gasteiger partial charge in [0.15, 0.2) is 5.69 Å². The van der Waals surface area contributed by atoms with Gasteiger partial charge in [0.2, 0.25) is 0 Å². The summed E-state index contributed by atoms with van der Waals surface area (Å²) in [5, 5.41) is 7.80. The fraction of sp³-hybridized carbons (Fsp3) is 0.429. The van der Waals surface area contributed by atoms with Crippen molar-refractivity contribution in [1.29, 1.82) is 0 Å². The number of aromatic amines is 1. The van der Waals surface area contributed by atoms with Crippen molar-refractivity contribution >= 4 is 22.5 Å². The van der Waals surface area contributed by atoms with E-state index in [-0.39, 0.29) is 12.0 Å². The van der Waals surface area contributed by atoms with E-state index in [2.05, 4.69) is 10.2 Å². The van der Waals surface area contributed by atoms with E-state index < -0.39 is 0 Å². The molecule has 1 aromatic carbocycles. The fourth-order valence-corrected chi connectivity index (χ4v) is 2.66. The molecule has 2 aromatic rings. The topological polar surface area (TPSA) is 84.2 Å². The number of hydrogen-bond acceptors (Lipinski definition) is 4. The van der Waals surface area contributed by atoms with Crippen LogP contribution in [0.15, 0.2) is 18.2 Å². The molecular formula is C14H18N4O2. The predicted molar refractivity (Wildman–Crippen MR) is 76.4 cm³/mol. The van der Waals surface area contributed by atoms with Crippen LogP contribution in [0.5, 0.6) is 0 Å². The molecule has 1 aromatic heterocycles. The lowest BCUT2D eigenvalue weighted by atomic mass is 10.1. The van der Waals surface area contributed by atoms with Crippen LogP contribution in [0, 0.1) is 0 Å². The Morgan fingerprint density at radius 2 is 2.40 bits per heavy atom. The van der Waals surface area contributed by atoms with Gasteiger partial charge in [-0.25, -0.2) is 0 Å². The highest BCUT2D eigenvalue weighted by molar-refractivity contribution is 6.05. The van der Waals surface area contributed by atoms with Crippen LogP contribution in [-0.2, 0) is 4.74 Å². The summed E-state index contributed by atoms with van der Waals surface area (Å²) in [5.41, 5.74) is 7.67. The standard InChI is InChI=1S/C14H18N4O2/c1-20-10-3-2-6-18(8-10)14(19)13-11-7-9(15)4-5-12(11)16-17-13/h4-5,7,10H,2-3,6,8,15H2,1H3,(H,16,17). The maximum atomic E-state index is 12.6. The zero-order valence-electron chi connectivity index (χ0n) is 11.4. The first-order chi connectivity index (χ1) is 9.69. The van der Waals surface area contributed by atoms with Crippen LogP contribution in [0.4, 0.5) is 5.69 Å². The number of anilines is 1. The van der Waals surface area contributed by atoms with Crippen molar-refractivity contribution in [3.63, 3.8) is 0 Å². The number of carbonyl (C=O) groups is 1. The van der Waals surface area contributed by atoms with E-state index >= 15 is 0 Å². The highest BCUT2D eigenvalue weighted by Gasteiger charge is 2.26. The smallest absolute Gasteiger partial charge is 0.275 e. The number of ether oxygens (including phenoxy) is 1. The molecule has 1 amide bonds.